The fraction of sp³-hybridized carbons (Fsp3) is 0.400. The van der Waals surface area contributed by atoms with Crippen LogP contribution in [0.1, 0.15) is 26.3 Å². The van der Waals surface area contributed by atoms with Gasteiger partial charge in [0.1, 0.15) is 0 Å². The van der Waals surface area contributed by atoms with Crippen LogP contribution in [0.5, 0.6) is 0 Å². The van der Waals surface area contributed by atoms with Crippen molar-refractivity contribution >= 4 is 45.2 Å². The Labute approximate surface area is 101 Å². The number of hydrogen-bond donors (Lipinski definition) is 0. The van der Waals surface area contributed by atoms with Gasteiger partial charge in [-0.15, -0.1) is 0 Å². The molecule has 0 atom stereocenters. The van der Waals surface area contributed by atoms with Gasteiger partial charge in [0, 0.05) is 7.14 Å². The van der Waals surface area contributed by atoms with Crippen molar-refractivity contribution in [2.45, 2.75) is 26.2 Å². The predicted molar refractivity (Wildman–Crippen MR) is 70.6 cm³/mol. The molecule has 0 N–H and O–H groups in total. The molecule has 0 bridgehead atoms. The molecule has 1 rings (SSSR count). The Morgan fingerprint density at radius 1 is 1.00 bits per heavy atom. The van der Waals surface area contributed by atoms with Crippen LogP contribution in [-0.4, -0.2) is 0 Å². The minimum atomic E-state index is 0.258. The Bertz CT molecular complexity index is 264. The van der Waals surface area contributed by atoms with E-state index in [0.29, 0.717) is 0 Å². The van der Waals surface area contributed by atoms with E-state index in [0.717, 1.165) is 0 Å². The highest BCUT2D eigenvalue weighted by molar-refractivity contribution is 14.1. The molecule has 0 saturated heterocycles. The predicted octanol–water partition coefficient (Wildman–Crippen LogP) is 4.19. The van der Waals surface area contributed by atoms with Gasteiger partial charge in [-0.25, -0.2) is 0 Å². The highest BCUT2D eigenvalue weighted by Gasteiger charge is 2.19. The summed E-state index contributed by atoms with van der Waals surface area (Å²) >= 11 is 4.81. The minimum absolute atomic E-state index is 0.258. The van der Waals surface area contributed by atoms with Crippen molar-refractivity contribution in [2.75, 3.05) is 0 Å². The van der Waals surface area contributed by atoms with Crippen molar-refractivity contribution in [1.82, 2.24) is 0 Å². The Kier molecular flexibility index (Phi) is 3.42. The monoisotopic (exact) mass is 386 g/mol. The molecule has 0 saturated carbocycles. The second-order valence-electron chi connectivity index (χ2n) is 3.85. The van der Waals surface area contributed by atoms with Crippen LogP contribution >= 0.6 is 45.2 Å². The second-order valence-corrected chi connectivity index (χ2v) is 6.17. The zero-order valence-corrected chi connectivity index (χ0v) is 11.8. The summed E-state index contributed by atoms with van der Waals surface area (Å²) < 4.78 is 2.74. The van der Waals surface area contributed by atoms with Crippen LogP contribution in [0.2, 0.25) is 0 Å². The molecule has 0 aliphatic carbocycles. The van der Waals surface area contributed by atoms with Gasteiger partial charge in [0.05, 0.1) is 0 Å². The van der Waals surface area contributed by atoms with E-state index in [1.54, 1.807) is 0 Å². The third-order valence-electron chi connectivity index (χ3n) is 1.71. The lowest BCUT2D eigenvalue weighted by atomic mass is 9.87. The Balaban J connectivity index is 3.31. The SMILES string of the molecule is CC(C)(C)c1c(I)cccc1I. The summed E-state index contributed by atoms with van der Waals surface area (Å²) in [4.78, 5) is 0. The van der Waals surface area contributed by atoms with Gasteiger partial charge in [0.25, 0.3) is 0 Å². The molecule has 0 nitrogen and oxygen atoms in total. The molecule has 66 valence electrons. The topological polar surface area (TPSA) is 0 Å². The van der Waals surface area contributed by atoms with E-state index >= 15 is 0 Å². The highest BCUT2D eigenvalue weighted by Crippen LogP contribution is 2.30. The third-order valence-corrected chi connectivity index (χ3v) is 3.51. The summed E-state index contributed by atoms with van der Waals surface area (Å²) in [6.07, 6.45) is 0. The smallest absolute Gasteiger partial charge is 0.0178 e. The molecule has 2 heteroatoms. The molecule has 12 heavy (non-hydrogen) atoms. The van der Waals surface area contributed by atoms with Crippen molar-refractivity contribution in [2.24, 2.45) is 0 Å². The maximum Gasteiger partial charge on any atom is 0.0178 e. The summed E-state index contributed by atoms with van der Waals surface area (Å²) in [5.41, 5.74) is 1.72. The Morgan fingerprint density at radius 3 is 1.67 bits per heavy atom. The van der Waals surface area contributed by atoms with E-state index in [9.17, 15) is 0 Å². The number of halogens is 2. The fourth-order valence-electron chi connectivity index (χ4n) is 1.21. The number of benzene rings is 1. The molecule has 0 heterocycles. The fourth-order valence-corrected chi connectivity index (χ4v) is 4.34. The molecular formula is C10H12I2. The van der Waals surface area contributed by atoms with Crippen LogP contribution in [0.25, 0.3) is 0 Å². The quantitative estimate of drug-likeness (QED) is 0.587. The van der Waals surface area contributed by atoms with Crippen LogP contribution < -0.4 is 0 Å². The molecule has 0 aliphatic rings. The molecule has 0 aliphatic heterocycles. The van der Waals surface area contributed by atoms with E-state index in [4.69, 9.17) is 0 Å². The van der Waals surface area contributed by atoms with Crippen LogP contribution in [0.15, 0.2) is 18.2 Å². The van der Waals surface area contributed by atoms with Crippen LogP contribution in [0, 0.1) is 7.14 Å². The third kappa shape index (κ3) is 2.34. The van der Waals surface area contributed by atoms with E-state index in [-0.39, 0.29) is 5.41 Å². The van der Waals surface area contributed by atoms with Crippen molar-refractivity contribution < 1.29 is 0 Å². The van der Waals surface area contributed by atoms with Gasteiger partial charge in [-0.05, 0) is 68.3 Å². The first kappa shape index (κ1) is 10.8. The average molecular weight is 386 g/mol. The summed E-state index contributed by atoms with van der Waals surface area (Å²) in [6.45, 7) is 6.77. The Morgan fingerprint density at radius 2 is 1.42 bits per heavy atom. The van der Waals surface area contributed by atoms with E-state index in [1.807, 2.05) is 0 Å². The number of rotatable bonds is 0. The molecule has 0 aromatic heterocycles. The van der Waals surface area contributed by atoms with Gasteiger partial charge in [0.15, 0.2) is 0 Å². The maximum atomic E-state index is 2.41. The summed E-state index contributed by atoms with van der Waals surface area (Å²) in [5.74, 6) is 0. The van der Waals surface area contributed by atoms with E-state index < -0.39 is 0 Å². The van der Waals surface area contributed by atoms with Crippen LogP contribution in [0.4, 0.5) is 0 Å². The lowest BCUT2D eigenvalue weighted by molar-refractivity contribution is 0.583. The van der Waals surface area contributed by atoms with Crippen LogP contribution in [0.3, 0.4) is 0 Å². The molecular weight excluding hydrogens is 374 g/mol. The minimum Gasteiger partial charge on any atom is -0.0601 e. The van der Waals surface area contributed by atoms with Gasteiger partial charge in [-0.2, -0.15) is 0 Å². The first-order chi connectivity index (χ1) is 5.43. The second kappa shape index (κ2) is 3.82. The highest BCUT2D eigenvalue weighted by atomic mass is 127. The van der Waals surface area contributed by atoms with Gasteiger partial charge in [-0.1, -0.05) is 26.8 Å². The molecule has 0 unspecified atom stereocenters. The van der Waals surface area contributed by atoms with Gasteiger partial charge < -0.3 is 0 Å². The van der Waals surface area contributed by atoms with Gasteiger partial charge in [0.2, 0.25) is 0 Å². The lowest BCUT2D eigenvalue weighted by Crippen LogP contribution is -2.15. The zero-order valence-electron chi connectivity index (χ0n) is 7.49. The molecule has 0 radical (unpaired) electrons. The molecule has 0 spiro atoms. The van der Waals surface area contributed by atoms with Crippen molar-refractivity contribution in [1.29, 1.82) is 0 Å². The normalized spacial score (nSPS) is 11.8. The summed E-state index contributed by atoms with van der Waals surface area (Å²) in [7, 11) is 0. The largest absolute Gasteiger partial charge is 0.0601 e. The lowest BCUT2D eigenvalue weighted by Gasteiger charge is -2.22. The first-order valence-corrected chi connectivity index (χ1v) is 6.03. The molecule has 1 aromatic rings. The maximum absolute atomic E-state index is 2.41. The van der Waals surface area contributed by atoms with E-state index in [2.05, 4.69) is 84.2 Å². The van der Waals surface area contributed by atoms with E-state index in [1.165, 1.54) is 12.7 Å². The number of hydrogen-bond acceptors (Lipinski definition) is 0. The van der Waals surface area contributed by atoms with Crippen molar-refractivity contribution in [3.05, 3.63) is 30.9 Å². The molecule has 0 amide bonds. The molecule has 0 fully saturated rings. The Hall–Kier alpha value is 0.680. The van der Waals surface area contributed by atoms with Gasteiger partial charge >= 0.3 is 0 Å². The zero-order chi connectivity index (χ0) is 9.35. The standard InChI is InChI=1S/C10H12I2/c1-10(2,3)9-7(11)5-4-6-8(9)12/h4-6H,1-3H3. The summed E-state index contributed by atoms with van der Waals surface area (Å²) in [5, 5.41) is 0. The van der Waals surface area contributed by atoms with Gasteiger partial charge in [-0.3, -0.25) is 0 Å². The van der Waals surface area contributed by atoms with Crippen molar-refractivity contribution in [3.8, 4) is 0 Å². The van der Waals surface area contributed by atoms with Crippen molar-refractivity contribution in [3.63, 3.8) is 0 Å². The first-order valence-electron chi connectivity index (χ1n) is 3.87. The molecule has 1 aromatic carbocycles. The summed E-state index contributed by atoms with van der Waals surface area (Å²) in [6, 6.07) is 6.45. The average Bonchev–Trinajstić information content (AvgIpc) is 1.82. The van der Waals surface area contributed by atoms with Crippen LogP contribution in [-0.2, 0) is 5.41 Å².